The number of benzene rings is 1. The van der Waals surface area contributed by atoms with Crippen molar-refractivity contribution in [3.63, 3.8) is 0 Å². The molecule has 0 unspecified atom stereocenters. The number of carboxylic acid groups (broad SMARTS) is 1. The maximum Gasteiger partial charge on any atom is 0.329 e. The molecule has 2 N–H and O–H groups in total. The van der Waals surface area contributed by atoms with Gasteiger partial charge in [-0.15, -0.1) is 0 Å². The number of carbonyl (C=O) groups is 2. The van der Waals surface area contributed by atoms with Crippen molar-refractivity contribution in [2.45, 2.75) is 57.6 Å². The van der Waals surface area contributed by atoms with Crippen molar-refractivity contribution in [3.8, 4) is 0 Å². The second kappa shape index (κ2) is 8.83. The number of ether oxygens (including phenoxy) is 1. The van der Waals surface area contributed by atoms with Gasteiger partial charge in [0.2, 0.25) is 5.91 Å². The van der Waals surface area contributed by atoms with E-state index in [-0.39, 0.29) is 5.91 Å². The van der Waals surface area contributed by atoms with Crippen LogP contribution < -0.4 is 5.32 Å². The highest BCUT2D eigenvalue weighted by Gasteiger charge is 2.42. The molecule has 5 heteroatoms. The second-order valence-electron chi connectivity index (χ2n) is 6.76. The summed E-state index contributed by atoms with van der Waals surface area (Å²) in [5.41, 5.74) is 0.0252. The van der Waals surface area contributed by atoms with E-state index in [1.165, 1.54) is 0 Å². The number of amides is 1. The van der Waals surface area contributed by atoms with E-state index in [2.05, 4.69) is 12.2 Å². The van der Waals surface area contributed by atoms with Crippen LogP contribution in [0.15, 0.2) is 30.3 Å². The predicted molar refractivity (Wildman–Crippen MR) is 91.5 cm³/mol. The minimum absolute atomic E-state index is 0.199. The predicted octanol–water partition coefficient (Wildman–Crippen LogP) is 3.13. The summed E-state index contributed by atoms with van der Waals surface area (Å²) >= 11 is 0. The number of rotatable bonds is 8. The van der Waals surface area contributed by atoms with Crippen molar-refractivity contribution in [1.82, 2.24) is 5.32 Å². The molecule has 1 aromatic rings. The molecule has 0 aromatic heterocycles. The molecule has 0 atom stereocenters. The van der Waals surface area contributed by atoms with Gasteiger partial charge in [0.1, 0.15) is 5.54 Å². The standard InChI is InChI=1S/C19H27NO4/c1-15-9-11-19(12-10-15,18(22)23)20-17(21)8-5-13-24-14-16-6-3-2-4-7-16/h2-4,6-7,15H,5,8-14H2,1H3,(H,20,21)(H,22,23). The molecule has 0 radical (unpaired) electrons. The van der Waals surface area contributed by atoms with Crippen molar-refractivity contribution in [1.29, 1.82) is 0 Å². The van der Waals surface area contributed by atoms with Crippen molar-refractivity contribution in [2.24, 2.45) is 5.92 Å². The van der Waals surface area contributed by atoms with Crippen LogP contribution in [0.25, 0.3) is 0 Å². The van der Waals surface area contributed by atoms with Gasteiger partial charge in [-0.1, -0.05) is 37.3 Å². The lowest BCUT2D eigenvalue weighted by atomic mass is 9.77. The average molecular weight is 333 g/mol. The molecule has 1 saturated carbocycles. The van der Waals surface area contributed by atoms with Crippen molar-refractivity contribution in [2.75, 3.05) is 6.61 Å². The van der Waals surface area contributed by atoms with Crippen LogP contribution in [-0.2, 0) is 20.9 Å². The molecule has 1 aromatic carbocycles. The third-order valence-electron chi connectivity index (χ3n) is 4.72. The molecule has 0 aliphatic heterocycles. The number of hydrogen-bond acceptors (Lipinski definition) is 3. The Hall–Kier alpha value is -1.88. The molecule has 0 spiro atoms. The lowest BCUT2D eigenvalue weighted by Gasteiger charge is -2.36. The van der Waals surface area contributed by atoms with Crippen LogP contribution in [-0.4, -0.2) is 29.1 Å². The first-order valence-electron chi connectivity index (χ1n) is 8.68. The molecule has 1 aliphatic rings. The Labute approximate surface area is 143 Å². The molecule has 0 saturated heterocycles. The molecular formula is C19H27NO4. The van der Waals surface area contributed by atoms with E-state index in [1.54, 1.807) is 0 Å². The lowest BCUT2D eigenvalue weighted by Crippen LogP contribution is -2.56. The number of hydrogen-bond donors (Lipinski definition) is 2. The van der Waals surface area contributed by atoms with Crippen LogP contribution in [0.2, 0.25) is 0 Å². The van der Waals surface area contributed by atoms with E-state index >= 15 is 0 Å². The molecule has 1 aliphatic carbocycles. The van der Waals surface area contributed by atoms with Gasteiger partial charge >= 0.3 is 5.97 Å². The number of aliphatic carboxylic acids is 1. The Morgan fingerprint density at radius 3 is 2.54 bits per heavy atom. The molecule has 2 rings (SSSR count). The topological polar surface area (TPSA) is 75.6 Å². The highest BCUT2D eigenvalue weighted by Crippen LogP contribution is 2.32. The van der Waals surface area contributed by atoms with E-state index < -0.39 is 11.5 Å². The zero-order valence-electron chi connectivity index (χ0n) is 14.3. The smallest absolute Gasteiger partial charge is 0.329 e. The largest absolute Gasteiger partial charge is 0.480 e. The summed E-state index contributed by atoms with van der Waals surface area (Å²) in [5.74, 6) is -0.584. The van der Waals surface area contributed by atoms with Crippen LogP contribution >= 0.6 is 0 Å². The van der Waals surface area contributed by atoms with Gasteiger partial charge in [-0.25, -0.2) is 4.79 Å². The third-order valence-corrected chi connectivity index (χ3v) is 4.72. The summed E-state index contributed by atoms with van der Waals surface area (Å²) in [7, 11) is 0. The van der Waals surface area contributed by atoms with Crippen molar-refractivity contribution in [3.05, 3.63) is 35.9 Å². The van der Waals surface area contributed by atoms with Gasteiger partial charge in [0.25, 0.3) is 0 Å². The molecule has 0 bridgehead atoms. The van der Waals surface area contributed by atoms with Gasteiger partial charge in [-0.2, -0.15) is 0 Å². The number of carbonyl (C=O) groups excluding carboxylic acids is 1. The highest BCUT2D eigenvalue weighted by molar-refractivity contribution is 5.87. The maximum atomic E-state index is 12.1. The molecular weight excluding hydrogens is 306 g/mol. The molecule has 24 heavy (non-hydrogen) atoms. The molecule has 132 valence electrons. The van der Waals surface area contributed by atoms with E-state index in [9.17, 15) is 14.7 Å². The van der Waals surface area contributed by atoms with E-state index in [1.807, 2.05) is 30.3 Å². The molecule has 1 amide bonds. The van der Waals surface area contributed by atoms with Gasteiger partial charge in [-0.3, -0.25) is 4.79 Å². The fourth-order valence-electron chi connectivity index (χ4n) is 3.08. The SMILES string of the molecule is CC1CCC(NC(=O)CCCOCc2ccccc2)(C(=O)O)CC1. The molecule has 0 heterocycles. The van der Waals surface area contributed by atoms with Crippen LogP contribution in [0.3, 0.4) is 0 Å². The van der Waals surface area contributed by atoms with E-state index in [0.717, 1.165) is 18.4 Å². The van der Waals surface area contributed by atoms with Gasteiger partial charge in [0.15, 0.2) is 0 Å². The van der Waals surface area contributed by atoms with Gasteiger partial charge < -0.3 is 15.2 Å². The van der Waals surface area contributed by atoms with Gasteiger partial charge in [0.05, 0.1) is 6.61 Å². The highest BCUT2D eigenvalue weighted by atomic mass is 16.5. The Bertz CT molecular complexity index is 536. The fourth-order valence-corrected chi connectivity index (χ4v) is 3.08. The first-order chi connectivity index (χ1) is 11.5. The van der Waals surface area contributed by atoms with Crippen molar-refractivity contribution < 1.29 is 19.4 Å². The minimum atomic E-state index is -1.07. The first kappa shape index (κ1) is 18.5. The van der Waals surface area contributed by atoms with E-state index in [4.69, 9.17) is 4.74 Å². The Balaban J connectivity index is 1.69. The fraction of sp³-hybridized carbons (Fsp3) is 0.579. The summed E-state index contributed by atoms with van der Waals surface area (Å²) < 4.78 is 5.55. The zero-order chi connectivity index (χ0) is 17.4. The van der Waals surface area contributed by atoms with Crippen molar-refractivity contribution >= 4 is 11.9 Å². The van der Waals surface area contributed by atoms with Gasteiger partial charge in [-0.05, 0) is 43.6 Å². The minimum Gasteiger partial charge on any atom is -0.480 e. The Morgan fingerprint density at radius 1 is 1.25 bits per heavy atom. The van der Waals surface area contributed by atoms with Gasteiger partial charge in [0, 0.05) is 13.0 Å². The lowest BCUT2D eigenvalue weighted by molar-refractivity contribution is -0.149. The third kappa shape index (κ3) is 5.34. The number of nitrogens with one attached hydrogen (secondary N) is 1. The van der Waals surface area contributed by atoms with Crippen LogP contribution in [0, 0.1) is 5.92 Å². The maximum absolute atomic E-state index is 12.1. The summed E-state index contributed by atoms with van der Waals surface area (Å²) in [6.07, 6.45) is 3.59. The monoisotopic (exact) mass is 333 g/mol. The summed E-state index contributed by atoms with van der Waals surface area (Å²) in [6, 6.07) is 9.87. The van der Waals surface area contributed by atoms with Crippen LogP contribution in [0.1, 0.15) is 51.0 Å². The quantitative estimate of drug-likeness (QED) is 0.717. The average Bonchev–Trinajstić information content (AvgIpc) is 2.57. The first-order valence-corrected chi connectivity index (χ1v) is 8.68. The normalized spacial score (nSPS) is 23.6. The second-order valence-corrected chi connectivity index (χ2v) is 6.76. The summed E-state index contributed by atoms with van der Waals surface area (Å²) in [4.78, 5) is 23.7. The number of carboxylic acids is 1. The summed E-state index contributed by atoms with van der Waals surface area (Å²) in [6.45, 7) is 3.14. The molecule has 5 nitrogen and oxygen atoms in total. The van der Waals surface area contributed by atoms with Crippen LogP contribution in [0.5, 0.6) is 0 Å². The Morgan fingerprint density at radius 2 is 1.92 bits per heavy atom. The zero-order valence-corrected chi connectivity index (χ0v) is 14.3. The van der Waals surface area contributed by atoms with E-state index in [0.29, 0.717) is 44.8 Å². The summed E-state index contributed by atoms with van der Waals surface area (Å²) in [5, 5.41) is 12.3. The molecule has 1 fully saturated rings. The van der Waals surface area contributed by atoms with Crippen LogP contribution in [0.4, 0.5) is 0 Å². The Kier molecular flexibility index (Phi) is 6.79.